The topological polar surface area (TPSA) is 92.3 Å². The van der Waals surface area contributed by atoms with E-state index in [2.05, 4.69) is 10.6 Å². The highest BCUT2D eigenvalue weighted by molar-refractivity contribution is 7.93. The maximum Gasteiger partial charge on any atom is 0.309 e. The summed E-state index contributed by atoms with van der Waals surface area (Å²) >= 11 is 2.47. The van der Waals surface area contributed by atoms with E-state index < -0.39 is 26.9 Å². The molecule has 0 radical (unpaired) electrons. The lowest BCUT2D eigenvalue weighted by atomic mass is 10.1. The fourth-order valence-electron chi connectivity index (χ4n) is 3.34. The lowest BCUT2D eigenvalue weighted by molar-refractivity contribution is -0.139. The summed E-state index contributed by atoms with van der Waals surface area (Å²) in [6, 6.07) is 6.77. The van der Waals surface area contributed by atoms with Gasteiger partial charge in [0.25, 0.3) is 0 Å². The van der Waals surface area contributed by atoms with Crippen LogP contribution in [0.5, 0.6) is 0 Å². The van der Waals surface area contributed by atoms with Gasteiger partial charge in [-0.25, -0.2) is 8.42 Å². The molecular weight excluding hydrogens is 416 g/mol. The molecule has 2 amide bonds. The SMILES string of the molecule is O=C(NC[C@H](c1cccs1)S(=O)(=O)c1cccs1)C(=O)NC1CCCCCC1. The Balaban J connectivity index is 1.65. The van der Waals surface area contributed by atoms with Gasteiger partial charge in [0.2, 0.25) is 0 Å². The first kappa shape index (κ1) is 21.0. The summed E-state index contributed by atoms with van der Waals surface area (Å²) < 4.78 is 26.2. The molecule has 28 heavy (non-hydrogen) atoms. The van der Waals surface area contributed by atoms with Crippen molar-refractivity contribution in [1.29, 1.82) is 0 Å². The third-order valence-corrected chi connectivity index (χ3v) is 9.50. The van der Waals surface area contributed by atoms with Crippen molar-refractivity contribution in [3.8, 4) is 0 Å². The van der Waals surface area contributed by atoms with Gasteiger partial charge < -0.3 is 10.6 Å². The summed E-state index contributed by atoms with van der Waals surface area (Å²) in [6.45, 7) is -0.141. The molecule has 152 valence electrons. The van der Waals surface area contributed by atoms with Crippen molar-refractivity contribution < 1.29 is 18.0 Å². The Hall–Kier alpha value is -1.71. The summed E-state index contributed by atoms with van der Waals surface area (Å²) in [7, 11) is -3.65. The first-order valence-electron chi connectivity index (χ1n) is 9.38. The smallest absolute Gasteiger partial charge is 0.309 e. The number of sulfone groups is 1. The zero-order valence-corrected chi connectivity index (χ0v) is 17.9. The third kappa shape index (κ3) is 5.21. The zero-order chi connectivity index (χ0) is 20.0. The van der Waals surface area contributed by atoms with Crippen LogP contribution in [0.15, 0.2) is 39.2 Å². The monoisotopic (exact) mass is 440 g/mol. The molecule has 1 aliphatic carbocycles. The lowest BCUT2D eigenvalue weighted by Crippen LogP contribution is -2.45. The largest absolute Gasteiger partial charge is 0.346 e. The molecular formula is C19H24N2O4S3. The van der Waals surface area contributed by atoms with E-state index in [1.165, 1.54) is 11.3 Å². The normalized spacial score (nSPS) is 16.9. The van der Waals surface area contributed by atoms with Crippen LogP contribution in [-0.2, 0) is 19.4 Å². The van der Waals surface area contributed by atoms with E-state index in [4.69, 9.17) is 0 Å². The van der Waals surface area contributed by atoms with Crippen LogP contribution < -0.4 is 10.6 Å². The summed E-state index contributed by atoms with van der Waals surface area (Å²) in [5.74, 6) is -1.47. The Bertz CT molecular complexity index is 868. The predicted molar refractivity (Wildman–Crippen MR) is 111 cm³/mol. The van der Waals surface area contributed by atoms with E-state index in [0.29, 0.717) is 4.88 Å². The first-order chi connectivity index (χ1) is 13.5. The van der Waals surface area contributed by atoms with Gasteiger partial charge in [-0.15, -0.1) is 22.7 Å². The second kappa shape index (κ2) is 9.67. The quantitative estimate of drug-likeness (QED) is 0.533. The van der Waals surface area contributed by atoms with E-state index >= 15 is 0 Å². The number of thiophene rings is 2. The van der Waals surface area contributed by atoms with Crippen molar-refractivity contribution in [1.82, 2.24) is 10.6 Å². The van der Waals surface area contributed by atoms with Crippen LogP contribution in [0, 0.1) is 0 Å². The van der Waals surface area contributed by atoms with Gasteiger partial charge in [-0.2, -0.15) is 0 Å². The van der Waals surface area contributed by atoms with Gasteiger partial charge in [-0.05, 0) is 35.7 Å². The van der Waals surface area contributed by atoms with Crippen LogP contribution >= 0.6 is 22.7 Å². The van der Waals surface area contributed by atoms with Gasteiger partial charge in [-0.3, -0.25) is 9.59 Å². The van der Waals surface area contributed by atoms with Gasteiger partial charge in [0.1, 0.15) is 9.46 Å². The fraction of sp³-hybridized carbons (Fsp3) is 0.474. The highest BCUT2D eigenvalue weighted by Gasteiger charge is 2.32. The molecule has 2 aromatic heterocycles. The van der Waals surface area contributed by atoms with Crippen molar-refractivity contribution >= 4 is 44.3 Å². The van der Waals surface area contributed by atoms with E-state index in [0.717, 1.165) is 49.9 Å². The van der Waals surface area contributed by atoms with Crippen LogP contribution in [-0.4, -0.2) is 32.8 Å². The summed E-state index contributed by atoms with van der Waals surface area (Å²) in [5.41, 5.74) is 0. The van der Waals surface area contributed by atoms with E-state index in [9.17, 15) is 18.0 Å². The van der Waals surface area contributed by atoms with E-state index in [1.807, 2.05) is 0 Å². The number of hydrogen-bond donors (Lipinski definition) is 2. The van der Waals surface area contributed by atoms with Crippen LogP contribution in [0.25, 0.3) is 0 Å². The van der Waals surface area contributed by atoms with Crippen LogP contribution in [0.3, 0.4) is 0 Å². The summed E-state index contributed by atoms with van der Waals surface area (Å²) in [6.07, 6.45) is 6.16. The van der Waals surface area contributed by atoms with Gasteiger partial charge >= 0.3 is 11.8 Å². The Morgan fingerprint density at radius 1 is 1.00 bits per heavy atom. The molecule has 0 aliphatic heterocycles. The summed E-state index contributed by atoms with van der Waals surface area (Å²) in [4.78, 5) is 25.1. The number of rotatable bonds is 6. The molecule has 0 saturated heterocycles. The van der Waals surface area contributed by atoms with Crippen molar-refractivity contribution in [3.63, 3.8) is 0 Å². The van der Waals surface area contributed by atoms with E-state index in [-0.39, 0.29) is 16.8 Å². The predicted octanol–water partition coefficient (Wildman–Crippen LogP) is 3.28. The Labute approximate surface area is 173 Å². The van der Waals surface area contributed by atoms with Crippen LogP contribution in [0.2, 0.25) is 0 Å². The molecule has 6 nitrogen and oxygen atoms in total. The second-order valence-corrected chi connectivity index (χ2v) is 11.1. The molecule has 3 rings (SSSR count). The number of hydrogen-bond acceptors (Lipinski definition) is 6. The highest BCUT2D eigenvalue weighted by atomic mass is 32.2. The van der Waals surface area contributed by atoms with Crippen molar-refractivity contribution in [2.24, 2.45) is 0 Å². The average Bonchev–Trinajstić information content (AvgIpc) is 3.34. The Morgan fingerprint density at radius 3 is 2.29 bits per heavy atom. The molecule has 9 heteroatoms. The minimum atomic E-state index is -3.65. The van der Waals surface area contributed by atoms with Crippen molar-refractivity contribution in [3.05, 3.63) is 39.9 Å². The van der Waals surface area contributed by atoms with Gasteiger partial charge in [0, 0.05) is 17.5 Å². The van der Waals surface area contributed by atoms with Crippen LogP contribution in [0.1, 0.15) is 48.7 Å². The molecule has 0 spiro atoms. The van der Waals surface area contributed by atoms with Crippen LogP contribution in [0.4, 0.5) is 0 Å². The molecule has 0 bridgehead atoms. The molecule has 1 atom stereocenters. The zero-order valence-electron chi connectivity index (χ0n) is 15.4. The molecule has 1 saturated carbocycles. The molecule has 1 fully saturated rings. The average molecular weight is 441 g/mol. The second-order valence-electron chi connectivity index (χ2n) is 6.85. The minimum absolute atomic E-state index is 0.0173. The number of nitrogens with one attached hydrogen (secondary N) is 2. The van der Waals surface area contributed by atoms with Gasteiger partial charge in [0.05, 0.1) is 0 Å². The maximum absolute atomic E-state index is 13.0. The minimum Gasteiger partial charge on any atom is -0.346 e. The first-order valence-corrected chi connectivity index (χ1v) is 12.7. The molecule has 2 heterocycles. The third-order valence-electron chi connectivity index (χ3n) is 4.86. The summed E-state index contributed by atoms with van der Waals surface area (Å²) in [5, 5.41) is 7.90. The standard InChI is InChI=1S/C19H24N2O4S3/c22-18(19(23)21-14-7-3-1-2-4-8-14)20-13-16(15-9-5-11-26-15)28(24,25)17-10-6-12-27-17/h5-6,9-12,14,16H,1-4,7-8,13H2,(H,20,22)(H,21,23)/t16-/m1/s1. The Morgan fingerprint density at radius 2 is 1.68 bits per heavy atom. The molecule has 1 aliphatic rings. The number of carbonyl (C=O) groups excluding carboxylic acids is 2. The Kier molecular flexibility index (Phi) is 7.25. The van der Waals surface area contributed by atoms with E-state index in [1.54, 1.807) is 35.0 Å². The maximum atomic E-state index is 13.0. The number of amides is 2. The lowest BCUT2D eigenvalue weighted by Gasteiger charge is -2.18. The molecule has 0 unspecified atom stereocenters. The molecule has 2 N–H and O–H groups in total. The fourth-order valence-corrected chi connectivity index (χ4v) is 7.33. The van der Waals surface area contributed by atoms with Crippen molar-refractivity contribution in [2.75, 3.05) is 6.54 Å². The number of carbonyl (C=O) groups is 2. The highest BCUT2D eigenvalue weighted by Crippen LogP contribution is 2.33. The van der Waals surface area contributed by atoms with Crippen molar-refractivity contribution in [2.45, 2.75) is 54.0 Å². The van der Waals surface area contributed by atoms with Gasteiger partial charge in [-0.1, -0.05) is 37.8 Å². The van der Waals surface area contributed by atoms with Gasteiger partial charge in [0.15, 0.2) is 9.84 Å². The molecule has 0 aromatic carbocycles. The molecule has 2 aromatic rings.